The van der Waals surface area contributed by atoms with Crippen LogP contribution in [0.1, 0.15) is 45.7 Å². The molecule has 5 heteroatoms. The van der Waals surface area contributed by atoms with Gasteiger partial charge in [-0.25, -0.2) is 0 Å². The molecule has 1 aliphatic heterocycles. The molecule has 1 aliphatic rings. The van der Waals surface area contributed by atoms with Gasteiger partial charge in [-0.15, -0.1) is 11.3 Å². The Labute approximate surface area is 175 Å². The van der Waals surface area contributed by atoms with Gasteiger partial charge in [0.2, 0.25) is 5.91 Å². The van der Waals surface area contributed by atoms with E-state index in [1.54, 1.807) is 11.3 Å². The summed E-state index contributed by atoms with van der Waals surface area (Å²) in [6, 6.07) is 21.5. The Bertz CT molecular complexity index is 985. The summed E-state index contributed by atoms with van der Waals surface area (Å²) in [5.41, 5.74) is 2.89. The zero-order chi connectivity index (χ0) is 20.2. The van der Waals surface area contributed by atoms with Gasteiger partial charge < -0.3 is 9.80 Å². The summed E-state index contributed by atoms with van der Waals surface area (Å²) >= 11 is 1.60. The lowest BCUT2D eigenvalue weighted by Crippen LogP contribution is -2.36. The maximum absolute atomic E-state index is 13.2. The molecule has 2 amide bonds. The highest BCUT2D eigenvalue weighted by molar-refractivity contribution is 7.10. The van der Waals surface area contributed by atoms with E-state index < -0.39 is 0 Å². The van der Waals surface area contributed by atoms with Crippen molar-refractivity contribution >= 4 is 23.2 Å². The molecule has 0 radical (unpaired) electrons. The van der Waals surface area contributed by atoms with E-state index in [0.717, 1.165) is 21.6 Å². The van der Waals surface area contributed by atoms with Gasteiger partial charge in [0.1, 0.15) is 0 Å². The van der Waals surface area contributed by atoms with Crippen LogP contribution in [0, 0.1) is 0 Å². The summed E-state index contributed by atoms with van der Waals surface area (Å²) in [6.07, 6.45) is 0.293. The Balaban J connectivity index is 1.55. The molecule has 29 heavy (non-hydrogen) atoms. The highest BCUT2D eigenvalue weighted by Gasteiger charge is 2.35. The Morgan fingerprint density at radius 2 is 1.83 bits per heavy atom. The van der Waals surface area contributed by atoms with Gasteiger partial charge in [-0.2, -0.15) is 0 Å². The van der Waals surface area contributed by atoms with E-state index in [0.29, 0.717) is 26.1 Å². The lowest BCUT2D eigenvalue weighted by atomic mass is 10.1. The van der Waals surface area contributed by atoms with Crippen molar-refractivity contribution in [3.8, 4) is 0 Å². The van der Waals surface area contributed by atoms with Crippen molar-refractivity contribution in [1.82, 2.24) is 9.80 Å². The van der Waals surface area contributed by atoms with Crippen LogP contribution in [0.5, 0.6) is 0 Å². The molecule has 2 aromatic carbocycles. The predicted octanol–water partition coefficient (Wildman–Crippen LogP) is 4.88. The highest BCUT2D eigenvalue weighted by atomic mass is 32.1. The smallest absolute Gasteiger partial charge is 0.255 e. The topological polar surface area (TPSA) is 40.6 Å². The largest absolute Gasteiger partial charge is 0.339 e. The summed E-state index contributed by atoms with van der Waals surface area (Å²) in [7, 11) is 0. The SMILES string of the molecule is CCN(Cc1ccccc1)C(=O)CC(c1cccs1)N1Cc2ccccc2C1=O. The molecule has 0 N–H and O–H groups in total. The number of nitrogens with zero attached hydrogens (tertiary/aromatic N) is 2. The number of hydrogen-bond acceptors (Lipinski definition) is 3. The van der Waals surface area contributed by atoms with Gasteiger partial charge >= 0.3 is 0 Å². The van der Waals surface area contributed by atoms with Crippen LogP contribution in [-0.2, 0) is 17.9 Å². The molecule has 0 spiro atoms. The first-order valence-electron chi connectivity index (χ1n) is 9.91. The number of rotatable bonds is 7. The Hall–Kier alpha value is -2.92. The lowest BCUT2D eigenvalue weighted by Gasteiger charge is -2.29. The van der Waals surface area contributed by atoms with E-state index >= 15 is 0 Å². The first-order chi connectivity index (χ1) is 14.2. The monoisotopic (exact) mass is 404 g/mol. The van der Waals surface area contributed by atoms with Crippen LogP contribution in [0.3, 0.4) is 0 Å². The van der Waals surface area contributed by atoms with Crippen LogP contribution >= 0.6 is 11.3 Å². The van der Waals surface area contributed by atoms with E-state index in [4.69, 9.17) is 0 Å². The van der Waals surface area contributed by atoms with Crippen LogP contribution in [0.15, 0.2) is 72.1 Å². The summed E-state index contributed by atoms with van der Waals surface area (Å²) in [6.45, 7) is 3.77. The van der Waals surface area contributed by atoms with Crippen molar-refractivity contribution in [2.45, 2.75) is 32.5 Å². The molecule has 1 unspecified atom stereocenters. The van der Waals surface area contributed by atoms with E-state index in [1.165, 1.54) is 0 Å². The predicted molar refractivity (Wildman–Crippen MR) is 116 cm³/mol. The highest BCUT2D eigenvalue weighted by Crippen LogP contribution is 2.35. The molecule has 3 aromatic rings. The number of carbonyl (C=O) groups is 2. The number of amides is 2. The average Bonchev–Trinajstić information content (AvgIpc) is 3.40. The number of fused-ring (bicyclic) bond motifs is 1. The second-order valence-electron chi connectivity index (χ2n) is 7.22. The molecule has 0 saturated carbocycles. The van der Waals surface area contributed by atoms with Crippen molar-refractivity contribution < 1.29 is 9.59 Å². The van der Waals surface area contributed by atoms with Gasteiger partial charge in [0.05, 0.1) is 12.5 Å². The molecule has 0 saturated heterocycles. The van der Waals surface area contributed by atoms with Crippen molar-refractivity contribution in [3.63, 3.8) is 0 Å². The molecule has 148 valence electrons. The van der Waals surface area contributed by atoms with Crippen molar-refractivity contribution in [2.24, 2.45) is 0 Å². The van der Waals surface area contributed by atoms with Crippen LogP contribution in [0.25, 0.3) is 0 Å². The zero-order valence-corrected chi connectivity index (χ0v) is 17.3. The number of hydrogen-bond donors (Lipinski definition) is 0. The third-order valence-electron chi connectivity index (χ3n) is 5.42. The Morgan fingerprint density at radius 3 is 2.52 bits per heavy atom. The molecule has 0 bridgehead atoms. The minimum atomic E-state index is -0.243. The number of carbonyl (C=O) groups excluding carboxylic acids is 2. The van der Waals surface area contributed by atoms with Crippen molar-refractivity contribution in [3.05, 3.63) is 93.7 Å². The van der Waals surface area contributed by atoms with Gasteiger partial charge in [0.25, 0.3) is 5.91 Å². The third kappa shape index (κ3) is 4.10. The fourth-order valence-electron chi connectivity index (χ4n) is 3.85. The zero-order valence-electron chi connectivity index (χ0n) is 16.5. The van der Waals surface area contributed by atoms with Crippen molar-refractivity contribution in [1.29, 1.82) is 0 Å². The first-order valence-corrected chi connectivity index (χ1v) is 10.8. The van der Waals surface area contributed by atoms with Crippen molar-refractivity contribution in [2.75, 3.05) is 6.54 Å². The minimum Gasteiger partial charge on any atom is -0.339 e. The Kier molecular flexibility index (Phi) is 5.76. The van der Waals surface area contributed by atoms with Crippen LogP contribution in [-0.4, -0.2) is 28.2 Å². The van der Waals surface area contributed by atoms with Gasteiger partial charge in [-0.3, -0.25) is 9.59 Å². The maximum atomic E-state index is 13.2. The van der Waals surface area contributed by atoms with Crippen LogP contribution in [0.2, 0.25) is 0 Å². The fraction of sp³-hybridized carbons (Fsp3) is 0.250. The van der Waals surface area contributed by atoms with E-state index in [1.807, 2.05) is 88.8 Å². The minimum absolute atomic E-state index is 0.0120. The standard InChI is InChI=1S/C24H24N2O2S/c1-2-25(16-18-9-4-3-5-10-18)23(27)15-21(22-13-8-14-29-22)26-17-19-11-6-7-12-20(19)24(26)28/h3-14,21H,2,15-17H2,1H3. The fourth-order valence-corrected chi connectivity index (χ4v) is 4.69. The van der Waals surface area contributed by atoms with E-state index in [9.17, 15) is 9.59 Å². The molecular weight excluding hydrogens is 380 g/mol. The second kappa shape index (κ2) is 8.62. The van der Waals surface area contributed by atoms with Crippen LogP contribution < -0.4 is 0 Å². The Morgan fingerprint density at radius 1 is 1.07 bits per heavy atom. The van der Waals surface area contributed by atoms with Gasteiger partial charge in [-0.1, -0.05) is 54.6 Å². The summed E-state index contributed by atoms with van der Waals surface area (Å²) in [5.74, 6) is 0.0800. The molecule has 0 aliphatic carbocycles. The maximum Gasteiger partial charge on any atom is 0.255 e. The summed E-state index contributed by atoms with van der Waals surface area (Å²) in [5, 5.41) is 2.00. The van der Waals surface area contributed by atoms with Gasteiger partial charge in [0.15, 0.2) is 0 Å². The van der Waals surface area contributed by atoms with Gasteiger partial charge in [0, 0.05) is 30.1 Å². The van der Waals surface area contributed by atoms with E-state index in [2.05, 4.69) is 0 Å². The molecule has 1 atom stereocenters. The molecule has 4 nitrogen and oxygen atoms in total. The number of benzene rings is 2. The normalized spacial score (nSPS) is 14.0. The molecule has 4 rings (SSSR count). The molecule has 1 aromatic heterocycles. The molecular formula is C24H24N2O2S. The first kappa shape index (κ1) is 19.4. The second-order valence-corrected chi connectivity index (χ2v) is 8.20. The van der Waals surface area contributed by atoms with E-state index in [-0.39, 0.29) is 17.9 Å². The van der Waals surface area contributed by atoms with Gasteiger partial charge in [-0.05, 0) is 35.6 Å². The summed E-state index contributed by atoms with van der Waals surface area (Å²) < 4.78 is 0. The number of thiophene rings is 1. The summed E-state index contributed by atoms with van der Waals surface area (Å²) in [4.78, 5) is 31.0. The molecule has 0 fully saturated rings. The third-order valence-corrected chi connectivity index (χ3v) is 6.39. The lowest BCUT2D eigenvalue weighted by molar-refractivity contribution is -0.132. The average molecular weight is 405 g/mol. The van der Waals surface area contributed by atoms with Crippen LogP contribution in [0.4, 0.5) is 0 Å². The molecule has 2 heterocycles. The quantitative estimate of drug-likeness (QED) is 0.563.